The second kappa shape index (κ2) is 10.7. The molecule has 3 aliphatic carbocycles. The number of likely N-dealkylation sites (N-methyl/N-ethyl adjacent to an activating group) is 1. The zero-order valence-electron chi connectivity index (χ0n) is 24.8. The molecule has 4 aliphatic rings. The number of Topliss-reactive ketones (excluding diaryl/α,β-unsaturated/α-hetero) is 2. The zero-order valence-corrected chi connectivity index (χ0v) is 24.8. The second-order valence-corrected chi connectivity index (χ2v) is 12.8. The number of amides is 1. The maximum Gasteiger partial charge on any atom is 0.255 e. The van der Waals surface area contributed by atoms with Gasteiger partial charge >= 0.3 is 0 Å². The van der Waals surface area contributed by atoms with Gasteiger partial charge in [-0.2, -0.15) is 0 Å². The number of phenolic OH excluding ortho intramolecular Hbond substituents is 1. The van der Waals surface area contributed by atoms with Gasteiger partial charge in [0.25, 0.3) is 5.91 Å². The van der Waals surface area contributed by atoms with E-state index in [2.05, 4.69) is 18.7 Å². The predicted molar refractivity (Wildman–Crippen MR) is 153 cm³/mol. The van der Waals surface area contributed by atoms with Crippen molar-refractivity contribution in [1.82, 2.24) is 9.80 Å². The molecule has 0 radical (unpaired) electrons. The van der Waals surface area contributed by atoms with Crippen LogP contribution in [0.15, 0.2) is 28.7 Å². The van der Waals surface area contributed by atoms with Crippen molar-refractivity contribution in [3.63, 3.8) is 0 Å². The number of nitrogens with zero attached hydrogens (tertiary/aromatic N) is 2. The third-order valence-corrected chi connectivity index (χ3v) is 9.92. The van der Waals surface area contributed by atoms with Gasteiger partial charge in [-0.3, -0.25) is 24.2 Å². The number of aromatic hydroxyl groups is 1. The van der Waals surface area contributed by atoms with Crippen LogP contribution in [-0.2, 0) is 22.6 Å². The number of rotatable bonds is 6. The first-order valence-electron chi connectivity index (χ1n) is 14.5. The molecule has 42 heavy (non-hydrogen) atoms. The summed E-state index contributed by atoms with van der Waals surface area (Å²) in [7, 11) is 4.72. The number of ketones is 2. The van der Waals surface area contributed by atoms with Gasteiger partial charge in [0.2, 0.25) is 5.78 Å². The fourth-order valence-corrected chi connectivity index (χ4v) is 7.75. The lowest BCUT2D eigenvalue weighted by atomic mass is 9.58. The fourth-order valence-electron chi connectivity index (χ4n) is 7.75. The quantitative estimate of drug-likeness (QED) is 0.312. The molecule has 5 rings (SSSR count). The standard InChI is InChI=1S/C31H41N3O8/c1-14(2)15-6-8-34(9-7-15)13-17-12-20(35)22-18(27(17)42-5)10-16-11-19-24(33(3)4)26(37)23(30(32)40)29(39)31(19,41)28(38)21(16)25(22)36/h12,14-16,19,24,35,37-38,41H,6-11,13H2,1-5H3,(H2,32,40)/t16-,19-,24-,31-/m0/s1. The van der Waals surface area contributed by atoms with Gasteiger partial charge in [-0.1, -0.05) is 13.8 Å². The van der Waals surface area contributed by atoms with E-state index in [4.69, 9.17) is 10.5 Å². The largest absolute Gasteiger partial charge is 0.510 e. The highest BCUT2D eigenvalue weighted by Gasteiger charge is 2.63. The van der Waals surface area contributed by atoms with E-state index < -0.39 is 58.0 Å². The van der Waals surface area contributed by atoms with Crippen LogP contribution in [0.4, 0.5) is 0 Å². The van der Waals surface area contributed by atoms with Gasteiger partial charge in [0.05, 0.1) is 18.7 Å². The summed E-state index contributed by atoms with van der Waals surface area (Å²) in [6.07, 6.45) is 2.39. The first-order valence-corrected chi connectivity index (χ1v) is 14.5. The summed E-state index contributed by atoms with van der Waals surface area (Å²) in [5.74, 6) is -4.91. The zero-order chi connectivity index (χ0) is 30.8. The Kier molecular flexibility index (Phi) is 7.66. The van der Waals surface area contributed by atoms with Crippen molar-refractivity contribution in [2.75, 3.05) is 34.3 Å². The number of nitrogens with two attached hydrogens (primary N) is 1. The first-order chi connectivity index (χ1) is 19.7. The molecule has 0 bridgehead atoms. The van der Waals surface area contributed by atoms with E-state index in [-0.39, 0.29) is 29.7 Å². The van der Waals surface area contributed by atoms with E-state index in [1.54, 1.807) is 14.1 Å². The van der Waals surface area contributed by atoms with Gasteiger partial charge < -0.3 is 30.9 Å². The molecular weight excluding hydrogens is 542 g/mol. The third kappa shape index (κ3) is 4.40. The summed E-state index contributed by atoms with van der Waals surface area (Å²) < 4.78 is 5.84. The lowest BCUT2D eigenvalue weighted by Crippen LogP contribution is -2.63. The Labute approximate surface area is 245 Å². The van der Waals surface area contributed by atoms with Gasteiger partial charge in [-0.15, -0.1) is 0 Å². The minimum atomic E-state index is -2.66. The van der Waals surface area contributed by atoms with Gasteiger partial charge in [0, 0.05) is 29.2 Å². The fraction of sp³-hybridized carbons (Fsp3) is 0.581. The topological polar surface area (TPSA) is 174 Å². The molecule has 1 amide bonds. The van der Waals surface area contributed by atoms with Crippen molar-refractivity contribution in [2.45, 2.75) is 57.7 Å². The molecule has 1 saturated heterocycles. The van der Waals surface area contributed by atoms with Crippen molar-refractivity contribution in [1.29, 1.82) is 0 Å². The average molecular weight is 584 g/mol. The Hall–Kier alpha value is -3.41. The van der Waals surface area contributed by atoms with E-state index in [1.165, 1.54) is 18.1 Å². The molecule has 228 valence electrons. The number of hydrogen-bond donors (Lipinski definition) is 5. The number of piperidine rings is 1. The van der Waals surface area contributed by atoms with Crippen LogP contribution in [0.1, 0.15) is 54.6 Å². The van der Waals surface area contributed by atoms with Crippen LogP contribution in [0, 0.1) is 23.7 Å². The Bertz CT molecular complexity index is 1400. The van der Waals surface area contributed by atoms with Crippen molar-refractivity contribution < 1.29 is 39.5 Å². The molecule has 1 heterocycles. The number of carbonyl (C=O) groups excluding carboxylic acids is 3. The molecule has 0 unspecified atom stereocenters. The third-order valence-electron chi connectivity index (χ3n) is 9.92. The summed E-state index contributed by atoms with van der Waals surface area (Å²) >= 11 is 0. The molecular formula is C31H41N3O8. The molecule has 11 nitrogen and oxygen atoms in total. The van der Waals surface area contributed by atoms with Crippen molar-refractivity contribution >= 4 is 17.5 Å². The van der Waals surface area contributed by atoms with Crippen LogP contribution in [0.5, 0.6) is 11.5 Å². The van der Waals surface area contributed by atoms with Crippen LogP contribution in [-0.4, -0.2) is 93.6 Å². The van der Waals surface area contributed by atoms with Crippen LogP contribution in [0.3, 0.4) is 0 Å². The molecule has 6 N–H and O–H groups in total. The van der Waals surface area contributed by atoms with Crippen molar-refractivity contribution in [2.24, 2.45) is 29.4 Å². The number of benzene rings is 1. The number of allylic oxidation sites excluding steroid dienone is 1. The number of primary amides is 1. The van der Waals surface area contributed by atoms with Crippen LogP contribution in [0.25, 0.3) is 0 Å². The van der Waals surface area contributed by atoms with Crippen LogP contribution in [0.2, 0.25) is 0 Å². The van der Waals surface area contributed by atoms with Gasteiger partial charge in [0.1, 0.15) is 28.6 Å². The van der Waals surface area contributed by atoms with E-state index >= 15 is 0 Å². The van der Waals surface area contributed by atoms with E-state index in [9.17, 15) is 34.8 Å². The monoisotopic (exact) mass is 583 g/mol. The van der Waals surface area contributed by atoms with Crippen LogP contribution >= 0.6 is 0 Å². The number of aliphatic hydroxyl groups excluding tert-OH is 2. The number of aliphatic hydroxyl groups is 3. The molecule has 1 aromatic rings. The summed E-state index contributed by atoms with van der Waals surface area (Å²) in [5, 5.41) is 45.3. The Morgan fingerprint density at radius 1 is 1.19 bits per heavy atom. The highest BCUT2D eigenvalue weighted by Crippen LogP contribution is 2.53. The first kappa shape index (κ1) is 30.1. The average Bonchev–Trinajstić information content (AvgIpc) is 2.90. The minimum Gasteiger partial charge on any atom is -0.510 e. The Morgan fingerprint density at radius 2 is 1.83 bits per heavy atom. The molecule has 0 aromatic heterocycles. The predicted octanol–water partition coefficient (Wildman–Crippen LogP) is 2.00. The number of hydrogen-bond acceptors (Lipinski definition) is 10. The van der Waals surface area contributed by atoms with Gasteiger partial charge in [-0.25, -0.2) is 0 Å². The Balaban J connectivity index is 1.57. The molecule has 0 spiro atoms. The highest BCUT2D eigenvalue weighted by molar-refractivity contribution is 6.24. The highest BCUT2D eigenvalue weighted by atomic mass is 16.5. The van der Waals surface area contributed by atoms with E-state index in [0.29, 0.717) is 29.7 Å². The normalized spacial score (nSPS) is 28.7. The minimum absolute atomic E-state index is 0.0304. The lowest BCUT2D eigenvalue weighted by molar-refractivity contribution is -0.148. The van der Waals surface area contributed by atoms with Gasteiger partial charge in [-0.05, 0) is 76.7 Å². The second-order valence-electron chi connectivity index (χ2n) is 12.8. The summed E-state index contributed by atoms with van der Waals surface area (Å²) in [5.41, 5.74) is 2.93. The maximum absolute atomic E-state index is 13.9. The number of likely N-dealkylation sites (tertiary alicyclic amines) is 1. The van der Waals surface area contributed by atoms with E-state index in [1.807, 2.05) is 0 Å². The lowest BCUT2D eigenvalue weighted by Gasteiger charge is -2.50. The SMILES string of the molecule is COc1c(CN2CCC(C(C)C)CC2)cc(O)c2c1C[C@H]1C[C@H]3[C@H](N(C)C)C(O)=C(C(N)=O)C(=O)[C@@]3(O)C(O)=C1C2=O. The number of fused-ring (bicyclic) bond motifs is 3. The Morgan fingerprint density at radius 3 is 2.38 bits per heavy atom. The molecule has 1 fully saturated rings. The molecule has 1 aliphatic heterocycles. The number of carbonyl (C=O) groups is 3. The van der Waals surface area contributed by atoms with Crippen LogP contribution < -0.4 is 10.5 Å². The van der Waals surface area contributed by atoms with Crippen molar-refractivity contribution in [3.8, 4) is 11.5 Å². The summed E-state index contributed by atoms with van der Waals surface area (Å²) in [6, 6.07) is 0.480. The van der Waals surface area contributed by atoms with E-state index in [0.717, 1.165) is 31.5 Å². The molecule has 4 atom stereocenters. The maximum atomic E-state index is 13.9. The summed E-state index contributed by atoms with van der Waals surface area (Å²) in [4.78, 5) is 43.4. The molecule has 0 saturated carbocycles. The summed E-state index contributed by atoms with van der Waals surface area (Å²) in [6.45, 7) is 6.85. The molecule has 11 heteroatoms. The number of methoxy groups -OCH3 is 1. The number of ether oxygens (including phenoxy) is 1. The van der Waals surface area contributed by atoms with Crippen molar-refractivity contribution in [3.05, 3.63) is 45.4 Å². The smallest absolute Gasteiger partial charge is 0.255 e. The van der Waals surface area contributed by atoms with Gasteiger partial charge in [0.15, 0.2) is 11.4 Å². The molecule has 1 aromatic carbocycles. The number of phenols is 1.